The van der Waals surface area contributed by atoms with Crippen molar-refractivity contribution in [1.82, 2.24) is 0 Å². The summed E-state index contributed by atoms with van der Waals surface area (Å²) in [5, 5.41) is 20.8. The average Bonchev–Trinajstić information content (AvgIpc) is 2.98. The van der Waals surface area contributed by atoms with Crippen molar-refractivity contribution in [1.29, 1.82) is 0 Å². The standard InChI is InChI=1S/C19H24O5/c1-9-7-18-8-10(9)3-4-11(18)19-6-5-12(20)17(2,16(23)24-19)14(19)13(18)15(21)22/h10-14,20H,1,3-8H2,2H3,(H,21,22)/t10-,11-,12+,13-,14?,17+,18+,19+/m1/s1. The number of aliphatic hydroxyl groups excluding tert-OH is 1. The van der Waals surface area contributed by atoms with E-state index in [4.69, 9.17) is 4.74 Å². The van der Waals surface area contributed by atoms with Gasteiger partial charge in [0.1, 0.15) is 5.60 Å². The lowest BCUT2D eigenvalue weighted by molar-refractivity contribution is -0.162. The molecule has 1 saturated heterocycles. The summed E-state index contributed by atoms with van der Waals surface area (Å²) in [7, 11) is 0. The molecule has 0 radical (unpaired) electrons. The maximum Gasteiger partial charge on any atom is 0.315 e. The third-order valence-electron chi connectivity index (χ3n) is 8.46. The van der Waals surface area contributed by atoms with Gasteiger partial charge in [-0.3, -0.25) is 9.59 Å². The number of rotatable bonds is 1. The Balaban J connectivity index is 1.76. The predicted molar refractivity (Wildman–Crippen MR) is 83.8 cm³/mol. The van der Waals surface area contributed by atoms with Gasteiger partial charge in [0.15, 0.2) is 0 Å². The predicted octanol–water partition coefficient (Wildman–Crippen LogP) is 2.14. The first kappa shape index (κ1) is 14.9. The van der Waals surface area contributed by atoms with Crippen LogP contribution in [0.15, 0.2) is 12.2 Å². The molecule has 0 aromatic heterocycles. The van der Waals surface area contributed by atoms with Crippen LogP contribution in [0.2, 0.25) is 0 Å². The molecule has 5 aliphatic rings. The van der Waals surface area contributed by atoms with Gasteiger partial charge in [-0.25, -0.2) is 0 Å². The van der Waals surface area contributed by atoms with Crippen LogP contribution < -0.4 is 0 Å². The van der Waals surface area contributed by atoms with E-state index in [0.717, 1.165) is 25.7 Å². The number of hydrogen-bond acceptors (Lipinski definition) is 4. The number of allylic oxidation sites excluding steroid dienone is 1. The van der Waals surface area contributed by atoms with Crippen molar-refractivity contribution in [3.05, 3.63) is 12.2 Å². The number of carbonyl (C=O) groups excluding carboxylic acids is 1. The summed E-state index contributed by atoms with van der Waals surface area (Å²) in [6, 6.07) is 0. The molecule has 1 unspecified atom stereocenters. The van der Waals surface area contributed by atoms with E-state index in [1.54, 1.807) is 6.92 Å². The number of hydrogen-bond donors (Lipinski definition) is 2. The van der Waals surface area contributed by atoms with Gasteiger partial charge in [-0.2, -0.15) is 0 Å². The fourth-order valence-electron chi connectivity index (χ4n) is 7.66. The Kier molecular flexibility index (Phi) is 2.53. The van der Waals surface area contributed by atoms with Crippen LogP contribution in [0.25, 0.3) is 0 Å². The first-order valence-corrected chi connectivity index (χ1v) is 9.09. The molecule has 4 saturated carbocycles. The van der Waals surface area contributed by atoms with Gasteiger partial charge in [0.25, 0.3) is 0 Å². The van der Waals surface area contributed by atoms with Crippen molar-refractivity contribution >= 4 is 11.9 Å². The summed E-state index contributed by atoms with van der Waals surface area (Å²) >= 11 is 0. The molecular weight excluding hydrogens is 308 g/mol. The Labute approximate surface area is 141 Å². The van der Waals surface area contributed by atoms with E-state index in [0.29, 0.717) is 18.8 Å². The van der Waals surface area contributed by atoms with Crippen LogP contribution >= 0.6 is 0 Å². The van der Waals surface area contributed by atoms with E-state index in [-0.39, 0.29) is 11.3 Å². The van der Waals surface area contributed by atoms with Gasteiger partial charge in [-0.05, 0) is 56.8 Å². The maximum atomic E-state index is 12.7. The summed E-state index contributed by atoms with van der Waals surface area (Å²) in [5.74, 6) is -1.78. The number of aliphatic hydroxyl groups is 1. The zero-order valence-electron chi connectivity index (χ0n) is 14.0. The summed E-state index contributed by atoms with van der Waals surface area (Å²) in [5.41, 5.74) is -0.953. The zero-order valence-corrected chi connectivity index (χ0v) is 14.0. The Morgan fingerprint density at radius 1 is 1.33 bits per heavy atom. The van der Waals surface area contributed by atoms with Crippen molar-refractivity contribution in [2.75, 3.05) is 0 Å². The van der Waals surface area contributed by atoms with Crippen LogP contribution in [-0.4, -0.2) is 33.9 Å². The first-order valence-electron chi connectivity index (χ1n) is 9.09. The number of ether oxygens (including phenoxy) is 1. The lowest BCUT2D eigenvalue weighted by atomic mass is 9.59. The van der Waals surface area contributed by atoms with E-state index in [1.807, 2.05) is 0 Å². The van der Waals surface area contributed by atoms with E-state index < -0.39 is 40.9 Å². The SMILES string of the molecule is C=C1C[C@]23C[C@H]1CC[C@H]2[C@]12CC[C@H](O)[C@](C)(C(=O)O1)C2[C@@H]3C(=O)O. The highest BCUT2D eigenvalue weighted by Crippen LogP contribution is 2.77. The number of carboxylic acids is 1. The van der Waals surface area contributed by atoms with Crippen LogP contribution in [0.1, 0.15) is 45.4 Å². The third kappa shape index (κ3) is 1.29. The molecule has 4 bridgehead atoms. The van der Waals surface area contributed by atoms with Gasteiger partial charge in [0.05, 0.1) is 17.4 Å². The number of esters is 1. The van der Waals surface area contributed by atoms with Gasteiger partial charge < -0.3 is 14.9 Å². The van der Waals surface area contributed by atoms with Gasteiger partial charge in [0, 0.05) is 11.8 Å². The molecule has 1 aliphatic heterocycles. The van der Waals surface area contributed by atoms with Gasteiger partial charge in [-0.1, -0.05) is 12.2 Å². The summed E-state index contributed by atoms with van der Waals surface area (Å²) < 4.78 is 6.01. The van der Waals surface area contributed by atoms with Gasteiger partial charge >= 0.3 is 11.9 Å². The molecule has 5 nitrogen and oxygen atoms in total. The quantitative estimate of drug-likeness (QED) is 0.568. The highest BCUT2D eigenvalue weighted by atomic mass is 16.6. The molecule has 2 N–H and O–H groups in total. The Morgan fingerprint density at radius 3 is 2.79 bits per heavy atom. The molecule has 0 amide bonds. The molecule has 0 aromatic carbocycles. The number of aliphatic carboxylic acids is 1. The van der Waals surface area contributed by atoms with Crippen molar-refractivity contribution in [2.45, 2.75) is 57.2 Å². The largest absolute Gasteiger partial charge is 0.481 e. The maximum absolute atomic E-state index is 12.7. The van der Waals surface area contributed by atoms with E-state index in [1.165, 1.54) is 5.57 Å². The van der Waals surface area contributed by atoms with Crippen molar-refractivity contribution in [3.63, 3.8) is 0 Å². The molecule has 1 spiro atoms. The lowest BCUT2D eigenvalue weighted by Crippen LogP contribution is -2.53. The summed E-state index contributed by atoms with van der Waals surface area (Å²) in [4.78, 5) is 25.1. The topological polar surface area (TPSA) is 83.8 Å². The first-order chi connectivity index (χ1) is 11.3. The van der Waals surface area contributed by atoms with Gasteiger partial charge in [0.2, 0.25) is 0 Å². The van der Waals surface area contributed by atoms with Crippen LogP contribution in [0, 0.1) is 34.5 Å². The normalized spacial score (nSPS) is 57.5. The molecule has 4 aliphatic carbocycles. The monoisotopic (exact) mass is 332 g/mol. The van der Waals surface area contributed by atoms with Crippen molar-refractivity contribution in [2.24, 2.45) is 34.5 Å². The molecule has 5 rings (SSSR count). The Hall–Kier alpha value is -1.36. The fourth-order valence-corrected chi connectivity index (χ4v) is 7.66. The fraction of sp³-hybridized carbons (Fsp3) is 0.789. The number of fused-ring (bicyclic) bond motifs is 1. The zero-order chi connectivity index (χ0) is 17.1. The molecule has 1 heterocycles. The summed E-state index contributed by atoms with van der Waals surface area (Å²) in [6.07, 6.45) is 3.81. The number of carboxylic acid groups (broad SMARTS) is 1. The molecule has 5 fully saturated rings. The highest BCUT2D eigenvalue weighted by Gasteiger charge is 2.83. The van der Waals surface area contributed by atoms with Gasteiger partial charge in [-0.15, -0.1) is 0 Å². The molecular formula is C19H24O5. The van der Waals surface area contributed by atoms with Crippen molar-refractivity contribution in [3.8, 4) is 0 Å². The summed E-state index contributed by atoms with van der Waals surface area (Å²) in [6.45, 7) is 5.95. The van der Waals surface area contributed by atoms with Crippen LogP contribution in [0.4, 0.5) is 0 Å². The second-order valence-corrected chi connectivity index (χ2v) is 9.07. The molecule has 5 heteroatoms. The highest BCUT2D eigenvalue weighted by molar-refractivity contribution is 5.85. The minimum Gasteiger partial charge on any atom is -0.481 e. The molecule has 24 heavy (non-hydrogen) atoms. The van der Waals surface area contributed by atoms with Crippen LogP contribution in [0.5, 0.6) is 0 Å². The molecule has 0 aromatic rings. The minimum atomic E-state index is -1.09. The minimum absolute atomic E-state index is 0.0878. The smallest absolute Gasteiger partial charge is 0.315 e. The second-order valence-electron chi connectivity index (χ2n) is 9.07. The third-order valence-corrected chi connectivity index (χ3v) is 8.46. The van der Waals surface area contributed by atoms with E-state index in [2.05, 4.69) is 6.58 Å². The van der Waals surface area contributed by atoms with E-state index in [9.17, 15) is 19.8 Å². The second kappa shape index (κ2) is 4.06. The average molecular weight is 332 g/mol. The molecule has 130 valence electrons. The lowest BCUT2D eigenvalue weighted by Gasteiger charge is -2.44. The Morgan fingerprint density at radius 2 is 2.08 bits per heavy atom. The Bertz CT molecular complexity index is 685. The van der Waals surface area contributed by atoms with Crippen LogP contribution in [0.3, 0.4) is 0 Å². The van der Waals surface area contributed by atoms with Crippen molar-refractivity contribution < 1.29 is 24.5 Å². The van der Waals surface area contributed by atoms with E-state index >= 15 is 0 Å². The van der Waals surface area contributed by atoms with Crippen LogP contribution in [-0.2, 0) is 14.3 Å². The number of carbonyl (C=O) groups is 2. The molecule has 8 atom stereocenters.